The van der Waals surface area contributed by atoms with Crippen molar-refractivity contribution in [3.63, 3.8) is 0 Å². The van der Waals surface area contributed by atoms with E-state index in [2.05, 4.69) is 29.4 Å². The van der Waals surface area contributed by atoms with Crippen molar-refractivity contribution in [1.82, 2.24) is 10.2 Å². The minimum absolute atomic E-state index is 0.0613. The lowest BCUT2D eigenvalue weighted by Gasteiger charge is -2.22. The summed E-state index contributed by atoms with van der Waals surface area (Å²) in [4.78, 5) is 29.0. The first-order chi connectivity index (χ1) is 15.6. The van der Waals surface area contributed by atoms with Gasteiger partial charge in [0.05, 0.1) is 10.6 Å². The van der Waals surface area contributed by atoms with Gasteiger partial charge in [-0.2, -0.15) is 0 Å². The molecule has 0 saturated heterocycles. The number of benzene rings is 2. The highest BCUT2D eigenvalue weighted by atomic mass is 32.2. The molecule has 0 aliphatic carbocycles. The van der Waals surface area contributed by atoms with Crippen LogP contribution >= 0.6 is 11.8 Å². The Bertz CT molecular complexity index is 932. The van der Waals surface area contributed by atoms with Crippen molar-refractivity contribution < 1.29 is 9.59 Å². The second kappa shape index (κ2) is 12.5. The molecule has 2 amide bonds. The molecule has 170 valence electrons. The average Bonchev–Trinajstić information content (AvgIpc) is 2.81. The predicted molar refractivity (Wildman–Crippen MR) is 134 cm³/mol. The van der Waals surface area contributed by atoms with E-state index in [1.807, 2.05) is 54.6 Å². The molecule has 2 N–H and O–H groups in total. The summed E-state index contributed by atoms with van der Waals surface area (Å²) in [5.74, 6) is -0.167. The minimum Gasteiger partial charge on any atom is -0.351 e. The average molecular weight is 452 g/mol. The maximum absolute atomic E-state index is 12.5. The number of nitrogens with one attached hydrogen (secondary N) is 2. The lowest BCUT2D eigenvalue weighted by Crippen LogP contribution is -2.36. The zero-order chi connectivity index (χ0) is 22.8. The van der Waals surface area contributed by atoms with E-state index in [9.17, 15) is 9.59 Å². The largest absolute Gasteiger partial charge is 0.351 e. The van der Waals surface area contributed by atoms with Crippen LogP contribution in [-0.4, -0.2) is 42.9 Å². The number of unbranched alkanes of at least 4 members (excludes halogenated alkanes) is 2. The molecule has 5 nitrogen and oxygen atoms in total. The molecule has 0 radical (unpaired) electrons. The Morgan fingerprint density at radius 1 is 1.00 bits per heavy atom. The van der Waals surface area contributed by atoms with Crippen LogP contribution in [0.25, 0.3) is 6.08 Å². The van der Waals surface area contributed by atoms with Crippen molar-refractivity contribution in [1.29, 1.82) is 0 Å². The van der Waals surface area contributed by atoms with Gasteiger partial charge in [0.25, 0.3) is 11.8 Å². The zero-order valence-electron chi connectivity index (χ0n) is 19.0. The molecular formula is C26H33N3O2S. The molecule has 6 heteroatoms. The third kappa shape index (κ3) is 6.97. The van der Waals surface area contributed by atoms with Crippen molar-refractivity contribution >= 4 is 35.3 Å². The van der Waals surface area contributed by atoms with Gasteiger partial charge in [-0.15, -0.1) is 0 Å². The third-order valence-electron chi connectivity index (χ3n) is 5.42. The van der Waals surface area contributed by atoms with E-state index in [4.69, 9.17) is 0 Å². The van der Waals surface area contributed by atoms with Gasteiger partial charge in [0.15, 0.2) is 0 Å². The fraction of sp³-hybridized carbons (Fsp3) is 0.385. The fourth-order valence-electron chi connectivity index (χ4n) is 3.51. The van der Waals surface area contributed by atoms with Gasteiger partial charge in [-0.25, -0.2) is 0 Å². The number of hydrogen-bond acceptors (Lipinski definition) is 4. The normalized spacial score (nSPS) is 14.3. The predicted octanol–water partition coefficient (Wildman–Crippen LogP) is 5.40. The van der Waals surface area contributed by atoms with Crippen LogP contribution in [-0.2, 0) is 4.79 Å². The van der Waals surface area contributed by atoms with Crippen LogP contribution in [0.4, 0.5) is 5.69 Å². The first-order valence-corrected chi connectivity index (χ1v) is 12.3. The number of anilines is 1. The summed E-state index contributed by atoms with van der Waals surface area (Å²) in [6, 6.07) is 15.1. The van der Waals surface area contributed by atoms with Gasteiger partial charge in [-0.05, 0) is 61.8 Å². The van der Waals surface area contributed by atoms with Gasteiger partial charge in [0.1, 0.15) is 0 Å². The molecule has 0 aromatic heterocycles. The summed E-state index contributed by atoms with van der Waals surface area (Å²) in [6.45, 7) is 8.12. The van der Waals surface area contributed by atoms with E-state index in [1.165, 1.54) is 37.4 Å². The van der Waals surface area contributed by atoms with E-state index >= 15 is 0 Å². The number of amides is 2. The van der Waals surface area contributed by atoms with Crippen molar-refractivity contribution in [3.8, 4) is 0 Å². The summed E-state index contributed by atoms with van der Waals surface area (Å²) in [6.07, 6.45) is 6.61. The van der Waals surface area contributed by atoms with Crippen LogP contribution in [0.15, 0.2) is 58.3 Å². The number of fused-ring (bicyclic) bond motifs is 1. The second-order valence-corrected chi connectivity index (χ2v) is 9.07. The molecule has 0 bridgehead atoms. The molecule has 0 fully saturated rings. The van der Waals surface area contributed by atoms with Gasteiger partial charge in [-0.1, -0.05) is 62.7 Å². The van der Waals surface area contributed by atoms with Gasteiger partial charge >= 0.3 is 0 Å². The lowest BCUT2D eigenvalue weighted by atomic mass is 10.1. The third-order valence-corrected chi connectivity index (χ3v) is 6.52. The van der Waals surface area contributed by atoms with E-state index in [-0.39, 0.29) is 11.8 Å². The van der Waals surface area contributed by atoms with Crippen LogP contribution in [0.1, 0.15) is 55.5 Å². The number of rotatable bonds is 11. The van der Waals surface area contributed by atoms with Crippen molar-refractivity contribution in [2.75, 3.05) is 31.5 Å². The van der Waals surface area contributed by atoms with Gasteiger partial charge in [0, 0.05) is 23.5 Å². The summed E-state index contributed by atoms with van der Waals surface area (Å²) < 4.78 is 0. The van der Waals surface area contributed by atoms with Crippen LogP contribution in [0, 0.1) is 0 Å². The fourth-order valence-corrected chi connectivity index (χ4v) is 4.46. The molecule has 1 heterocycles. The molecule has 0 spiro atoms. The molecule has 1 aliphatic heterocycles. The topological polar surface area (TPSA) is 61.4 Å². The molecular weight excluding hydrogens is 418 g/mol. The van der Waals surface area contributed by atoms with Crippen LogP contribution in [0.3, 0.4) is 0 Å². The first-order valence-electron chi connectivity index (χ1n) is 11.5. The molecule has 32 heavy (non-hydrogen) atoms. The monoisotopic (exact) mass is 451 g/mol. The Labute approximate surface area is 195 Å². The minimum atomic E-state index is -0.105. The number of nitrogens with zero attached hydrogens (tertiary/aromatic N) is 1. The molecule has 0 atom stereocenters. The maximum Gasteiger partial charge on any atom is 0.262 e. The smallest absolute Gasteiger partial charge is 0.262 e. The van der Waals surface area contributed by atoms with Crippen LogP contribution in [0.5, 0.6) is 0 Å². The van der Waals surface area contributed by atoms with Gasteiger partial charge < -0.3 is 15.5 Å². The zero-order valence-corrected chi connectivity index (χ0v) is 19.8. The van der Waals surface area contributed by atoms with Crippen molar-refractivity contribution in [2.45, 2.75) is 44.4 Å². The van der Waals surface area contributed by atoms with Crippen LogP contribution < -0.4 is 10.6 Å². The number of para-hydroxylation sites is 1. The molecule has 1 aliphatic rings. The number of carbonyl (C=O) groups is 2. The summed E-state index contributed by atoms with van der Waals surface area (Å²) in [7, 11) is 0. The highest BCUT2D eigenvalue weighted by molar-refractivity contribution is 8.04. The molecule has 2 aromatic carbocycles. The van der Waals surface area contributed by atoms with E-state index < -0.39 is 0 Å². The second-order valence-electron chi connectivity index (χ2n) is 7.99. The number of thioether (sulfide) groups is 1. The standard InChI is InChI=1S/C26H33N3O2S/c1-3-5-16-29(17-6-4-2)18-15-27-25(30)21-13-11-20(12-14-21)19-24-26(31)28-22-9-7-8-10-23(22)32-24/h7-14,19H,3-6,15-18H2,1-2H3,(H,27,30)(H,28,31). The number of hydrogen-bond donors (Lipinski definition) is 2. The SMILES string of the molecule is CCCCN(CCCC)CCNC(=O)c1ccc(C=C2Sc3ccccc3NC2=O)cc1. The quantitative estimate of drug-likeness (QED) is 0.449. The summed E-state index contributed by atoms with van der Waals surface area (Å²) in [5, 5.41) is 5.96. The highest BCUT2D eigenvalue weighted by Crippen LogP contribution is 2.38. The maximum atomic E-state index is 12.5. The molecule has 0 unspecified atom stereocenters. The van der Waals surface area contributed by atoms with Crippen molar-refractivity contribution in [3.05, 3.63) is 64.6 Å². The number of carbonyl (C=O) groups excluding carboxylic acids is 2. The Morgan fingerprint density at radius 3 is 2.38 bits per heavy atom. The van der Waals surface area contributed by atoms with Gasteiger partial charge in [-0.3, -0.25) is 9.59 Å². The lowest BCUT2D eigenvalue weighted by molar-refractivity contribution is -0.112. The Kier molecular flexibility index (Phi) is 9.38. The summed E-state index contributed by atoms with van der Waals surface area (Å²) in [5.41, 5.74) is 2.37. The Morgan fingerprint density at radius 2 is 1.69 bits per heavy atom. The first kappa shape index (κ1) is 24.1. The molecule has 0 saturated carbocycles. The summed E-state index contributed by atoms with van der Waals surface area (Å²) >= 11 is 1.46. The highest BCUT2D eigenvalue weighted by Gasteiger charge is 2.20. The van der Waals surface area contributed by atoms with Crippen molar-refractivity contribution in [2.24, 2.45) is 0 Å². The Balaban J connectivity index is 1.54. The van der Waals surface area contributed by atoms with E-state index in [1.54, 1.807) is 0 Å². The van der Waals surface area contributed by atoms with Gasteiger partial charge in [0.2, 0.25) is 0 Å². The van der Waals surface area contributed by atoms with E-state index in [0.29, 0.717) is 17.0 Å². The van der Waals surface area contributed by atoms with E-state index in [0.717, 1.165) is 35.8 Å². The molecule has 2 aromatic rings. The molecule has 3 rings (SSSR count). The Hall–Kier alpha value is -2.57. The van der Waals surface area contributed by atoms with Crippen LogP contribution in [0.2, 0.25) is 0 Å².